The molecule has 0 bridgehead atoms. The number of para-hydroxylation sites is 2. The standard InChI is InChI=1S/C44H24N2O2/c45-25-27-17-19-34-35-20-18-30(24-42(35)47-41(34)21-27)32-13-7-15-36-37-16-8-14-33(44(37)48-43(32)36)31-22-38(28-9-3-1-4-10-28)40(26-46)39(23-31)29-11-5-2-6-12-29/h1-24H. The molecule has 222 valence electrons. The number of nitrogens with zero attached hydrogens (tertiary/aromatic N) is 2. The summed E-state index contributed by atoms with van der Waals surface area (Å²) in [5, 5.41) is 23.8. The van der Waals surface area contributed by atoms with Crippen LogP contribution in [0.3, 0.4) is 0 Å². The van der Waals surface area contributed by atoms with Crippen LogP contribution in [0.25, 0.3) is 88.4 Å². The number of hydrogen-bond acceptors (Lipinski definition) is 4. The molecule has 0 fully saturated rings. The van der Waals surface area contributed by atoms with E-state index in [1.54, 1.807) is 6.07 Å². The summed E-state index contributed by atoms with van der Waals surface area (Å²) in [5.74, 6) is 0. The Bertz CT molecular complexity index is 2730. The minimum Gasteiger partial charge on any atom is -0.456 e. The lowest BCUT2D eigenvalue weighted by Crippen LogP contribution is -1.93. The van der Waals surface area contributed by atoms with Gasteiger partial charge in [0.1, 0.15) is 28.4 Å². The third-order valence-corrected chi connectivity index (χ3v) is 9.17. The van der Waals surface area contributed by atoms with E-state index in [2.05, 4.69) is 72.8 Å². The molecule has 2 aromatic heterocycles. The first-order chi connectivity index (χ1) is 23.7. The van der Waals surface area contributed by atoms with Crippen molar-refractivity contribution in [1.29, 1.82) is 10.5 Å². The summed E-state index contributed by atoms with van der Waals surface area (Å²) in [6, 6.07) is 53.3. The van der Waals surface area contributed by atoms with Crippen LogP contribution >= 0.6 is 0 Å². The SMILES string of the molecule is N#Cc1ccc2c(c1)oc1cc(-c3cccc4c3oc3c(-c5cc(-c6ccccc6)c(C#N)c(-c6ccccc6)c5)cccc34)ccc12. The fourth-order valence-electron chi connectivity index (χ4n) is 6.90. The molecule has 0 spiro atoms. The zero-order chi connectivity index (χ0) is 32.2. The zero-order valence-corrected chi connectivity index (χ0v) is 25.6. The van der Waals surface area contributed by atoms with Gasteiger partial charge in [0.05, 0.1) is 17.2 Å². The molecule has 0 N–H and O–H groups in total. The minimum absolute atomic E-state index is 0.568. The summed E-state index contributed by atoms with van der Waals surface area (Å²) in [6.07, 6.45) is 0. The maximum atomic E-state index is 10.4. The molecule has 0 saturated heterocycles. The van der Waals surface area contributed by atoms with Gasteiger partial charge in [0.15, 0.2) is 0 Å². The summed E-state index contributed by atoms with van der Waals surface area (Å²) in [5.41, 5.74) is 11.8. The topological polar surface area (TPSA) is 73.9 Å². The van der Waals surface area contributed by atoms with E-state index in [-0.39, 0.29) is 0 Å². The van der Waals surface area contributed by atoms with Gasteiger partial charge < -0.3 is 8.83 Å². The Morgan fingerprint density at radius 1 is 0.375 bits per heavy atom. The molecule has 4 nitrogen and oxygen atoms in total. The van der Waals surface area contributed by atoms with Gasteiger partial charge in [0.25, 0.3) is 0 Å². The van der Waals surface area contributed by atoms with Crippen molar-refractivity contribution in [2.75, 3.05) is 0 Å². The van der Waals surface area contributed by atoms with E-state index in [4.69, 9.17) is 8.83 Å². The molecule has 7 aromatic carbocycles. The number of nitriles is 2. The zero-order valence-electron chi connectivity index (χ0n) is 25.6. The summed E-state index contributed by atoms with van der Waals surface area (Å²) < 4.78 is 13.1. The van der Waals surface area contributed by atoms with Crippen molar-refractivity contribution in [3.05, 3.63) is 157 Å². The van der Waals surface area contributed by atoms with Crippen molar-refractivity contribution in [3.8, 4) is 56.6 Å². The largest absolute Gasteiger partial charge is 0.456 e. The van der Waals surface area contributed by atoms with Gasteiger partial charge in [-0.2, -0.15) is 10.5 Å². The summed E-state index contributed by atoms with van der Waals surface area (Å²) in [7, 11) is 0. The molecule has 0 aliphatic rings. The van der Waals surface area contributed by atoms with Gasteiger partial charge in [-0.1, -0.05) is 103 Å². The van der Waals surface area contributed by atoms with Gasteiger partial charge in [-0.15, -0.1) is 0 Å². The van der Waals surface area contributed by atoms with Gasteiger partial charge >= 0.3 is 0 Å². The number of fused-ring (bicyclic) bond motifs is 6. The highest BCUT2D eigenvalue weighted by molar-refractivity contribution is 6.14. The highest BCUT2D eigenvalue weighted by Gasteiger charge is 2.20. The third kappa shape index (κ3) is 4.29. The van der Waals surface area contributed by atoms with E-state index in [0.29, 0.717) is 16.7 Å². The molecule has 0 saturated carbocycles. The minimum atomic E-state index is 0.568. The van der Waals surface area contributed by atoms with Crippen LogP contribution < -0.4 is 0 Å². The molecule has 0 aliphatic carbocycles. The maximum absolute atomic E-state index is 10.4. The summed E-state index contributed by atoms with van der Waals surface area (Å²) in [6.45, 7) is 0. The molecule has 0 atom stereocenters. The Morgan fingerprint density at radius 3 is 1.52 bits per heavy atom. The van der Waals surface area contributed by atoms with Crippen LogP contribution in [0.5, 0.6) is 0 Å². The molecule has 0 unspecified atom stereocenters. The second-order valence-electron chi connectivity index (χ2n) is 11.9. The molecule has 9 rings (SSSR count). The molecule has 0 aliphatic heterocycles. The van der Waals surface area contributed by atoms with E-state index in [1.807, 2.05) is 78.9 Å². The van der Waals surface area contributed by atoms with Gasteiger partial charge in [-0.3, -0.25) is 0 Å². The second kappa shape index (κ2) is 10.9. The Balaban J connectivity index is 1.26. The van der Waals surface area contributed by atoms with Crippen LogP contribution in [-0.4, -0.2) is 0 Å². The van der Waals surface area contributed by atoms with Gasteiger partial charge in [0.2, 0.25) is 0 Å². The monoisotopic (exact) mass is 612 g/mol. The number of furan rings is 2. The van der Waals surface area contributed by atoms with E-state index in [9.17, 15) is 10.5 Å². The van der Waals surface area contributed by atoms with Crippen molar-refractivity contribution in [2.45, 2.75) is 0 Å². The van der Waals surface area contributed by atoms with Gasteiger partial charge in [-0.25, -0.2) is 0 Å². The Hall–Kier alpha value is -6.88. The first-order valence-electron chi connectivity index (χ1n) is 15.7. The fraction of sp³-hybridized carbons (Fsp3) is 0. The lowest BCUT2D eigenvalue weighted by Gasteiger charge is -2.14. The molecule has 9 aromatic rings. The number of rotatable bonds is 4. The molecular weight excluding hydrogens is 588 g/mol. The highest BCUT2D eigenvalue weighted by Crippen LogP contribution is 2.43. The molecule has 48 heavy (non-hydrogen) atoms. The predicted molar refractivity (Wildman–Crippen MR) is 192 cm³/mol. The molecule has 0 radical (unpaired) electrons. The van der Waals surface area contributed by atoms with Crippen LogP contribution in [-0.2, 0) is 0 Å². The third-order valence-electron chi connectivity index (χ3n) is 9.17. The fourth-order valence-corrected chi connectivity index (χ4v) is 6.90. The number of benzene rings is 7. The molecule has 4 heteroatoms. The average molecular weight is 613 g/mol. The van der Waals surface area contributed by atoms with Crippen LogP contribution in [0.15, 0.2) is 154 Å². The van der Waals surface area contributed by atoms with Crippen LogP contribution in [0.1, 0.15) is 11.1 Å². The maximum Gasteiger partial charge on any atom is 0.143 e. The van der Waals surface area contributed by atoms with E-state index < -0.39 is 0 Å². The smallest absolute Gasteiger partial charge is 0.143 e. The van der Waals surface area contributed by atoms with Crippen molar-refractivity contribution < 1.29 is 8.83 Å². The van der Waals surface area contributed by atoms with E-state index >= 15 is 0 Å². The summed E-state index contributed by atoms with van der Waals surface area (Å²) in [4.78, 5) is 0. The van der Waals surface area contributed by atoms with Gasteiger partial charge in [-0.05, 0) is 64.7 Å². The van der Waals surface area contributed by atoms with Crippen LogP contribution in [0.4, 0.5) is 0 Å². The van der Waals surface area contributed by atoms with Crippen molar-refractivity contribution in [1.82, 2.24) is 0 Å². The van der Waals surface area contributed by atoms with E-state index in [1.165, 1.54) is 0 Å². The lowest BCUT2D eigenvalue weighted by atomic mass is 9.88. The Kier molecular flexibility index (Phi) is 6.22. The molecule has 2 heterocycles. The lowest BCUT2D eigenvalue weighted by molar-refractivity contribution is 0.668. The highest BCUT2D eigenvalue weighted by atomic mass is 16.3. The van der Waals surface area contributed by atoms with Crippen LogP contribution in [0, 0.1) is 22.7 Å². The quantitative estimate of drug-likeness (QED) is 0.198. The molecular formula is C44H24N2O2. The van der Waals surface area contributed by atoms with Crippen molar-refractivity contribution in [3.63, 3.8) is 0 Å². The molecule has 0 amide bonds. The van der Waals surface area contributed by atoms with Crippen LogP contribution in [0.2, 0.25) is 0 Å². The Morgan fingerprint density at radius 2 is 0.938 bits per heavy atom. The summed E-state index contributed by atoms with van der Waals surface area (Å²) >= 11 is 0. The average Bonchev–Trinajstić information content (AvgIpc) is 3.72. The van der Waals surface area contributed by atoms with Crippen molar-refractivity contribution in [2.24, 2.45) is 0 Å². The van der Waals surface area contributed by atoms with E-state index in [0.717, 1.165) is 82.8 Å². The first kappa shape index (κ1) is 27.4. The van der Waals surface area contributed by atoms with Gasteiger partial charge in [0, 0.05) is 43.8 Å². The first-order valence-corrected chi connectivity index (χ1v) is 15.7. The Labute approximate surface area is 275 Å². The predicted octanol–water partition coefficient (Wildman–Crippen LogP) is 11.9. The van der Waals surface area contributed by atoms with Crippen molar-refractivity contribution >= 4 is 43.9 Å². The number of hydrogen-bond donors (Lipinski definition) is 0. The second-order valence-corrected chi connectivity index (χ2v) is 11.9. The normalized spacial score (nSPS) is 11.3.